The Hall–Kier alpha value is -14.3. The number of hydrogen-bond acceptors (Lipinski definition) is 8. The molecule has 0 amide bonds. The predicted molar refractivity (Wildman–Crippen MR) is 438 cm³/mol. The van der Waals surface area contributed by atoms with E-state index >= 15 is 0 Å². The zero-order chi connectivity index (χ0) is 72.4. The highest BCUT2D eigenvalue weighted by atomic mass is 16.5. The number of benzene rings is 13. The van der Waals surface area contributed by atoms with Gasteiger partial charge in [-0.3, -0.25) is 0 Å². The van der Waals surface area contributed by atoms with E-state index in [4.69, 9.17) is 39.4 Å². The number of para-hydroxylation sites is 1. The number of aromatic nitrogens is 6. The highest BCUT2D eigenvalue weighted by molar-refractivity contribution is 5.93. The summed E-state index contributed by atoms with van der Waals surface area (Å²) in [5.41, 5.74) is 26.3. The van der Waals surface area contributed by atoms with E-state index in [2.05, 4.69) is 334 Å². The van der Waals surface area contributed by atoms with Gasteiger partial charge in [-0.2, -0.15) is 0 Å². The maximum Gasteiger partial charge on any atom is 0.164 e. The lowest BCUT2D eigenvalue weighted by atomic mass is 9.64. The minimum absolute atomic E-state index is 0.0951. The summed E-state index contributed by atoms with van der Waals surface area (Å²) in [5.74, 6) is 7.11. The predicted octanol–water partition coefficient (Wildman–Crippen LogP) is 24.1. The molecule has 4 heterocycles. The van der Waals surface area contributed by atoms with E-state index in [0.717, 1.165) is 141 Å². The molecule has 110 heavy (non-hydrogen) atoms. The molecule has 14 aromatic carbocycles. The fourth-order valence-corrected chi connectivity index (χ4v) is 18.1. The molecule has 2 aliphatic heterocycles. The summed E-state index contributed by atoms with van der Waals surface area (Å²) in [5, 5.41) is 2.25. The SMILES string of the molecule is c1ccc2c(c#1)-c1ccccc1C21c2ccccc2Oc2cc(-c3ccc(-c4nc(-c5ccc6ccccc6c5)nc(-c5ccccc5-c5cccc(C6=CCC(c7nc(-c8ccccc8)nc(-c8ccc(-c9ccc%10c(c9)OC9=CCCC=C9C%109c%10ccccc%10-c%10ccccc%109)cc8)n7)C=C6)c5)n4)cc3)ccc21. The molecule has 2 unspecified atom stereocenters. The van der Waals surface area contributed by atoms with Gasteiger partial charge in [0.25, 0.3) is 0 Å². The molecule has 0 saturated carbocycles. The van der Waals surface area contributed by atoms with E-state index in [9.17, 15) is 0 Å². The van der Waals surface area contributed by atoms with Gasteiger partial charge in [0.15, 0.2) is 29.1 Å². The molecule has 0 N–H and O–H groups in total. The van der Waals surface area contributed by atoms with Crippen LogP contribution in [-0.4, -0.2) is 29.9 Å². The van der Waals surface area contributed by atoms with Gasteiger partial charge in [0.1, 0.15) is 28.8 Å². The van der Waals surface area contributed by atoms with Gasteiger partial charge in [-0.25, -0.2) is 29.9 Å². The van der Waals surface area contributed by atoms with Crippen LogP contribution >= 0.6 is 0 Å². The second-order valence-electron chi connectivity index (χ2n) is 29.1. The first kappa shape index (κ1) is 63.1. The Bertz CT molecular complexity index is 6560. The first-order chi connectivity index (χ1) is 54.5. The van der Waals surface area contributed by atoms with Crippen LogP contribution in [0.1, 0.15) is 75.5 Å². The lowest BCUT2D eigenvalue weighted by Crippen LogP contribution is -2.36. The molecule has 8 nitrogen and oxygen atoms in total. The summed E-state index contributed by atoms with van der Waals surface area (Å²) in [6.45, 7) is 0. The Balaban J connectivity index is 0.562. The topological polar surface area (TPSA) is 95.8 Å². The molecule has 2 spiro atoms. The van der Waals surface area contributed by atoms with Crippen LogP contribution in [-0.2, 0) is 10.8 Å². The summed E-state index contributed by atoms with van der Waals surface area (Å²) < 4.78 is 13.8. The second-order valence-corrected chi connectivity index (χ2v) is 29.1. The largest absolute Gasteiger partial charge is 0.457 e. The van der Waals surface area contributed by atoms with Crippen molar-refractivity contribution >= 4 is 16.3 Å². The molecular formula is C102H64N6O2. The maximum absolute atomic E-state index is 6.94. The van der Waals surface area contributed by atoms with Crippen LogP contribution in [0.25, 0.3) is 129 Å². The minimum atomic E-state index is -0.584. The molecule has 2 atom stereocenters. The molecule has 0 bridgehead atoms. The first-order valence-corrected chi connectivity index (χ1v) is 37.7. The summed E-state index contributed by atoms with van der Waals surface area (Å²) in [6, 6.07) is 119. The molecule has 22 rings (SSSR count). The first-order valence-electron chi connectivity index (χ1n) is 37.7. The summed E-state index contributed by atoms with van der Waals surface area (Å²) in [7, 11) is 0. The van der Waals surface area contributed by atoms with Crippen molar-refractivity contribution in [3.05, 3.63) is 420 Å². The average Bonchev–Trinajstić information content (AvgIpc) is 1.50. The molecule has 2 aromatic heterocycles. The molecule has 514 valence electrons. The molecule has 6 aliphatic rings. The van der Waals surface area contributed by atoms with Gasteiger partial charge < -0.3 is 9.47 Å². The van der Waals surface area contributed by atoms with E-state index in [-0.39, 0.29) is 5.92 Å². The average molecular weight is 1410 g/mol. The molecule has 0 saturated heterocycles. The zero-order valence-electron chi connectivity index (χ0n) is 59.6. The Morgan fingerprint density at radius 2 is 0.818 bits per heavy atom. The lowest BCUT2D eigenvalue weighted by molar-refractivity contribution is 0.383. The van der Waals surface area contributed by atoms with Crippen molar-refractivity contribution in [2.24, 2.45) is 0 Å². The quantitative estimate of drug-likeness (QED) is 0.134. The molecule has 8 heteroatoms. The van der Waals surface area contributed by atoms with Gasteiger partial charge in [-0.15, -0.1) is 0 Å². The van der Waals surface area contributed by atoms with Crippen LogP contribution in [0, 0.1) is 12.1 Å². The van der Waals surface area contributed by atoms with Crippen LogP contribution in [0.4, 0.5) is 0 Å². The van der Waals surface area contributed by atoms with Gasteiger partial charge in [0.05, 0.1) is 10.8 Å². The van der Waals surface area contributed by atoms with E-state index in [1.54, 1.807) is 0 Å². The zero-order valence-corrected chi connectivity index (χ0v) is 59.6. The van der Waals surface area contributed by atoms with Crippen molar-refractivity contribution < 1.29 is 9.47 Å². The Morgan fingerprint density at radius 3 is 1.52 bits per heavy atom. The van der Waals surface area contributed by atoms with Gasteiger partial charge in [-0.05, 0) is 162 Å². The lowest BCUT2D eigenvalue weighted by Gasteiger charge is -2.42. The van der Waals surface area contributed by atoms with Gasteiger partial charge >= 0.3 is 0 Å². The van der Waals surface area contributed by atoms with Crippen molar-refractivity contribution in [3.8, 4) is 130 Å². The van der Waals surface area contributed by atoms with Crippen LogP contribution in [0.2, 0.25) is 0 Å². The van der Waals surface area contributed by atoms with Crippen molar-refractivity contribution in [3.63, 3.8) is 0 Å². The minimum Gasteiger partial charge on any atom is -0.457 e. The van der Waals surface area contributed by atoms with Gasteiger partial charge in [0, 0.05) is 61.6 Å². The van der Waals surface area contributed by atoms with E-state index < -0.39 is 10.8 Å². The van der Waals surface area contributed by atoms with E-state index in [0.29, 0.717) is 35.5 Å². The van der Waals surface area contributed by atoms with Crippen LogP contribution < -0.4 is 9.47 Å². The maximum atomic E-state index is 6.94. The van der Waals surface area contributed by atoms with Crippen LogP contribution in [0.5, 0.6) is 17.2 Å². The summed E-state index contributed by atoms with van der Waals surface area (Å²) in [6.07, 6.45) is 14.1. The molecular weight excluding hydrogens is 1340 g/mol. The number of hydrogen-bond donors (Lipinski definition) is 0. The number of ether oxygens (including phenoxy) is 2. The number of allylic oxidation sites excluding steroid dienone is 7. The van der Waals surface area contributed by atoms with Crippen molar-refractivity contribution in [1.29, 1.82) is 0 Å². The third-order valence-electron chi connectivity index (χ3n) is 23.2. The smallest absolute Gasteiger partial charge is 0.164 e. The molecule has 16 aromatic rings. The monoisotopic (exact) mass is 1400 g/mol. The number of fused-ring (bicyclic) bond motifs is 19. The molecule has 0 radical (unpaired) electrons. The standard InChI is InChI=1S/C102H64N6O2/c1-2-22-67(23-3-1)95-103-96(105-97(104-95)69-50-43-65(44-51-69)73-55-57-89-93(61-73)109-91-39-18-16-37-87(91)101(89)83-33-12-8-28-78(83)79-29-9-13-34-84(79)101)68-48-41-64(42-49-68)72-25-20-26-75(59-72)77-27-6-7-32-82(77)100-107-98(106-99(108-100)76-54-47-63-21-4-5-24-71(63)60-76)70-52-45-66(46-53-70)74-56-58-90-94(62-74)110-92-40-19-17-38-88(92)102(90)85-35-14-10-30-80(85)81-31-11-15-36-86(81)102/h1-10,12-15,17,19-30,32-48,50-62,68H,16,18,49H2. The molecule has 0 fully saturated rings. The third-order valence-corrected chi connectivity index (χ3v) is 23.2. The second kappa shape index (κ2) is 25.2. The van der Waals surface area contributed by atoms with Crippen LogP contribution in [0.3, 0.4) is 0 Å². The van der Waals surface area contributed by atoms with Crippen LogP contribution in [0.15, 0.2) is 357 Å². The Kier molecular flexibility index (Phi) is 14.4. The highest BCUT2D eigenvalue weighted by Crippen LogP contribution is 2.64. The van der Waals surface area contributed by atoms with Gasteiger partial charge in [0.2, 0.25) is 0 Å². The van der Waals surface area contributed by atoms with Crippen molar-refractivity contribution in [2.45, 2.75) is 36.0 Å². The number of rotatable bonds is 10. The molecule has 4 aliphatic carbocycles. The normalized spacial score (nSPS) is 15.2. The number of nitrogens with zero attached hydrogens (tertiary/aromatic N) is 6. The van der Waals surface area contributed by atoms with E-state index in [1.165, 1.54) is 50.1 Å². The summed E-state index contributed by atoms with van der Waals surface area (Å²) >= 11 is 0. The van der Waals surface area contributed by atoms with Crippen molar-refractivity contribution in [1.82, 2.24) is 29.9 Å². The Labute approximate surface area is 637 Å². The third kappa shape index (κ3) is 9.94. The highest BCUT2D eigenvalue weighted by Gasteiger charge is 2.54. The Morgan fingerprint density at radius 1 is 0.309 bits per heavy atom. The van der Waals surface area contributed by atoms with Gasteiger partial charge in [-0.1, -0.05) is 309 Å². The fourth-order valence-electron chi connectivity index (χ4n) is 18.1. The van der Waals surface area contributed by atoms with E-state index in [1.807, 2.05) is 24.3 Å². The fraction of sp³-hybridized carbons (Fsp3) is 0.0588. The van der Waals surface area contributed by atoms with Crippen molar-refractivity contribution in [2.75, 3.05) is 0 Å². The summed E-state index contributed by atoms with van der Waals surface area (Å²) in [4.78, 5) is 31.7.